The van der Waals surface area contributed by atoms with Gasteiger partial charge in [0.2, 0.25) is 5.95 Å². The third-order valence-corrected chi connectivity index (χ3v) is 3.80. The van der Waals surface area contributed by atoms with Crippen LogP contribution in [-0.4, -0.2) is 29.1 Å². The molecule has 3 rings (SSSR count). The SMILES string of the molecule is Cc1ccccc1-c1ccnc(N2CCCC(N)C2)n1. The van der Waals surface area contributed by atoms with Gasteiger partial charge in [0.1, 0.15) is 0 Å². The first kappa shape index (κ1) is 13.1. The second-order valence-electron chi connectivity index (χ2n) is 5.41. The highest BCUT2D eigenvalue weighted by Gasteiger charge is 2.19. The average Bonchev–Trinajstić information content (AvgIpc) is 2.48. The van der Waals surface area contributed by atoms with Crippen LogP contribution >= 0.6 is 0 Å². The highest BCUT2D eigenvalue weighted by molar-refractivity contribution is 5.64. The van der Waals surface area contributed by atoms with Gasteiger partial charge in [0.15, 0.2) is 0 Å². The summed E-state index contributed by atoms with van der Waals surface area (Å²) in [4.78, 5) is 11.3. The lowest BCUT2D eigenvalue weighted by atomic mass is 10.1. The molecule has 1 atom stereocenters. The molecule has 0 amide bonds. The summed E-state index contributed by atoms with van der Waals surface area (Å²) in [6.07, 6.45) is 4.04. The Kier molecular flexibility index (Phi) is 3.65. The highest BCUT2D eigenvalue weighted by atomic mass is 15.3. The van der Waals surface area contributed by atoms with Crippen LogP contribution in [0.2, 0.25) is 0 Å². The Balaban J connectivity index is 1.92. The van der Waals surface area contributed by atoms with Crippen molar-refractivity contribution in [3.05, 3.63) is 42.1 Å². The zero-order chi connectivity index (χ0) is 13.9. The first-order valence-corrected chi connectivity index (χ1v) is 7.13. The number of aryl methyl sites for hydroxylation is 1. The molecule has 2 aromatic rings. The number of nitrogens with two attached hydrogens (primary N) is 1. The largest absolute Gasteiger partial charge is 0.339 e. The van der Waals surface area contributed by atoms with E-state index in [9.17, 15) is 0 Å². The van der Waals surface area contributed by atoms with Crippen molar-refractivity contribution in [2.75, 3.05) is 18.0 Å². The van der Waals surface area contributed by atoms with Crippen molar-refractivity contribution in [2.45, 2.75) is 25.8 Å². The summed E-state index contributed by atoms with van der Waals surface area (Å²) in [5, 5.41) is 0. The molecule has 1 aromatic carbocycles. The molecule has 2 heterocycles. The number of nitrogens with zero attached hydrogens (tertiary/aromatic N) is 3. The normalized spacial score (nSPS) is 19.1. The Labute approximate surface area is 119 Å². The molecular formula is C16H20N4. The summed E-state index contributed by atoms with van der Waals surface area (Å²) in [6, 6.07) is 10.5. The Morgan fingerprint density at radius 3 is 2.90 bits per heavy atom. The van der Waals surface area contributed by atoms with Gasteiger partial charge in [-0.2, -0.15) is 0 Å². The van der Waals surface area contributed by atoms with Gasteiger partial charge in [-0.15, -0.1) is 0 Å². The molecule has 4 heteroatoms. The first-order chi connectivity index (χ1) is 9.74. The molecule has 1 saturated heterocycles. The van der Waals surface area contributed by atoms with Crippen LogP contribution in [-0.2, 0) is 0 Å². The molecule has 104 valence electrons. The number of benzene rings is 1. The molecule has 1 unspecified atom stereocenters. The maximum absolute atomic E-state index is 6.04. The molecule has 1 aliphatic heterocycles. The predicted molar refractivity (Wildman–Crippen MR) is 81.6 cm³/mol. The molecular weight excluding hydrogens is 248 g/mol. The molecule has 1 aliphatic rings. The van der Waals surface area contributed by atoms with Crippen molar-refractivity contribution in [1.82, 2.24) is 9.97 Å². The van der Waals surface area contributed by atoms with Gasteiger partial charge in [0, 0.05) is 30.9 Å². The zero-order valence-corrected chi connectivity index (χ0v) is 11.8. The van der Waals surface area contributed by atoms with Gasteiger partial charge in [-0.05, 0) is 31.4 Å². The van der Waals surface area contributed by atoms with Crippen LogP contribution in [0.3, 0.4) is 0 Å². The monoisotopic (exact) mass is 268 g/mol. The van der Waals surface area contributed by atoms with Gasteiger partial charge in [0.05, 0.1) is 5.69 Å². The second-order valence-corrected chi connectivity index (χ2v) is 5.41. The van der Waals surface area contributed by atoms with Gasteiger partial charge < -0.3 is 10.6 Å². The number of anilines is 1. The van der Waals surface area contributed by atoms with Crippen LogP contribution < -0.4 is 10.6 Å². The van der Waals surface area contributed by atoms with E-state index >= 15 is 0 Å². The molecule has 0 spiro atoms. The fraction of sp³-hybridized carbons (Fsp3) is 0.375. The molecule has 1 fully saturated rings. The third kappa shape index (κ3) is 2.65. The molecule has 0 bridgehead atoms. The van der Waals surface area contributed by atoms with Gasteiger partial charge in [-0.1, -0.05) is 24.3 Å². The van der Waals surface area contributed by atoms with Crippen LogP contribution in [0, 0.1) is 6.92 Å². The predicted octanol–water partition coefficient (Wildman–Crippen LogP) is 2.38. The number of hydrogen-bond acceptors (Lipinski definition) is 4. The minimum atomic E-state index is 0.231. The van der Waals surface area contributed by atoms with E-state index in [-0.39, 0.29) is 6.04 Å². The highest BCUT2D eigenvalue weighted by Crippen LogP contribution is 2.23. The first-order valence-electron chi connectivity index (χ1n) is 7.13. The molecule has 20 heavy (non-hydrogen) atoms. The number of hydrogen-bond donors (Lipinski definition) is 1. The lowest BCUT2D eigenvalue weighted by Gasteiger charge is -2.30. The topological polar surface area (TPSA) is 55.0 Å². The molecule has 0 radical (unpaired) electrons. The van der Waals surface area contributed by atoms with Gasteiger partial charge >= 0.3 is 0 Å². The summed E-state index contributed by atoms with van der Waals surface area (Å²) in [5.74, 6) is 0.793. The summed E-state index contributed by atoms with van der Waals surface area (Å²) in [5.41, 5.74) is 9.41. The zero-order valence-electron chi connectivity index (χ0n) is 11.8. The molecule has 0 aliphatic carbocycles. The minimum absolute atomic E-state index is 0.231. The van der Waals surface area contributed by atoms with Crippen LogP contribution in [0.5, 0.6) is 0 Å². The molecule has 4 nitrogen and oxygen atoms in total. The smallest absolute Gasteiger partial charge is 0.225 e. The maximum atomic E-state index is 6.04. The van der Waals surface area contributed by atoms with Crippen molar-refractivity contribution in [1.29, 1.82) is 0 Å². The minimum Gasteiger partial charge on any atom is -0.339 e. The average molecular weight is 268 g/mol. The van der Waals surface area contributed by atoms with E-state index in [0.29, 0.717) is 0 Å². The van der Waals surface area contributed by atoms with E-state index in [0.717, 1.165) is 43.1 Å². The van der Waals surface area contributed by atoms with Crippen molar-refractivity contribution in [2.24, 2.45) is 5.73 Å². The summed E-state index contributed by atoms with van der Waals surface area (Å²) >= 11 is 0. The van der Waals surface area contributed by atoms with Gasteiger partial charge in [-0.25, -0.2) is 9.97 Å². The van der Waals surface area contributed by atoms with Gasteiger partial charge in [-0.3, -0.25) is 0 Å². The molecule has 2 N–H and O–H groups in total. The number of rotatable bonds is 2. The maximum Gasteiger partial charge on any atom is 0.225 e. The number of aromatic nitrogens is 2. The molecule has 1 aromatic heterocycles. The van der Waals surface area contributed by atoms with Crippen molar-refractivity contribution in [3.63, 3.8) is 0 Å². The Bertz CT molecular complexity index is 597. The quantitative estimate of drug-likeness (QED) is 0.908. The van der Waals surface area contributed by atoms with Gasteiger partial charge in [0.25, 0.3) is 0 Å². The van der Waals surface area contributed by atoms with E-state index in [1.807, 2.05) is 24.4 Å². The fourth-order valence-corrected chi connectivity index (χ4v) is 2.70. The number of piperidine rings is 1. The summed E-state index contributed by atoms with van der Waals surface area (Å²) in [6.45, 7) is 3.94. The van der Waals surface area contributed by atoms with E-state index in [1.54, 1.807) is 0 Å². The third-order valence-electron chi connectivity index (χ3n) is 3.80. The van der Waals surface area contributed by atoms with E-state index in [1.165, 1.54) is 5.56 Å². The van der Waals surface area contributed by atoms with E-state index in [4.69, 9.17) is 10.7 Å². The van der Waals surface area contributed by atoms with Crippen LogP contribution in [0.1, 0.15) is 18.4 Å². The standard InChI is InChI=1S/C16H20N4/c1-12-5-2-3-7-14(12)15-8-9-18-16(19-15)20-10-4-6-13(17)11-20/h2-3,5,7-9,13H,4,6,10-11,17H2,1H3. The van der Waals surface area contributed by atoms with Crippen LogP contribution in [0.25, 0.3) is 11.3 Å². The fourth-order valence-electron chi connectivity index (χ4n) is 2.70. The van der Waals surface area contributed by atoms with Crippen LogP contribution in [0.4, 0.5) is 5.95 Å². The Hall–Kier alpha value is -1.94. The second kappa shape index (κ2) is 5.59. The van der Waals surface area contributed by atoms with E-state index in [2.05, 4.69) is 28.9 Å². The van der Waals surface area contributed by atoms with Crippen molar-refractivity contribution in [3.8, 4) is 11.3 Å². The van der Waals surface area contributed by atoms with Crippen molar-refractivity contribution >= 4 is 5.95 Å². The summed E-state index contributed by atoms with van der Waals surface area (Å²) < 4.78 is 0. The van der Waals surface area contributed by atoms with Crippen molar-refractivity contribution < 1.29 is 0 Å². The molecule has 0 saturated carbocycles. The van der Waals surface area contributed by atoms with E-state index < -0.39 is 0 Å². The lowest BCUT2D eigenvalue weighted by molar-refractivity contribution is 0.500. The Morgan fingerprint density at radius 2 is 2.10 bits per heavy atom. The Morgan fingerprint density at radius 1 is 1.25 bits per heavy atom. The summed E-state index contributed by atoms with van der Waals surface area (Å²) in [7, 11) is 0. The lowest BCUT2D eigenvalue weighted by Crippen LogP contribution is -2.43. The van der Waals surface area contributed by atoms with Crippen LogP contribution in [0.15, 0.2) is 36.5 Å².